The molecule has 0 fully saturated rings. The lowest BCUT2D eigenvalue weighted by Gasteiger charge is -2.08. The summed E-state index contributed by atoms with van der Waals surface area (Å²) in [6, 6.07) is 23.3. The summed E-state index contributed by atoms with van der Waals surface area (Å²) in [5, 5.41) is 15.3. The summed E-state index contributed by atoms with van der Waals surface area (Å²) in [6.45, 7) is 3.53. The van der Waals surface area contributed by atoms with Gasteiger partial charge in [0, 0.05) is 34.3 Å². The first-order chi connectivity index (χ1) is 24.4. The average Bonchev–Trinajstić information content (AvgIpc) is 3.09. The van der Waals surface area contributed by atoms with Crippen LogP contribution < -0.4 is 21.5 Å². The fourth-order valence-corrected chi connectivity index (χ4v) is 5.60. The number of hydrogen-bond donors (Lipinski definition) is 4. The van der Waals surface area contributed by atoms with E-state index in [1.807, 2.05) is 0 Å². The molecule has 4 aromatic carbocycles. The summed E-state index contributed by atoms with van der Waals surface area (Å²) in [5.41, 5.74) is 9.59. The van der Waals surface area contributed by atoms with Crippen LogP contribution in [-0.4, -0.2) is 35.1 Å². The number of carbonyl (C=O) groups is 4. The first kappa shape index (κ1) is 39.1. The molecular formula is C37H34Cl4N6O4. The van der Waals surface area contributed by atoms with Crippen LogP contribution in [0.4, 0.5) is 11.4 Å². The Morgan fingerprint density at radius 1 is 0.529 bits per heavy atom. The molecule has 0 aromatic heterocycles. The Morgan fingerprint density at radius 3 is 1.25 bits per heavy atom. The summed E-state index contributed by atoms with van der Waals surface area (Å²) in [5.74, 6) is -1.20. The molecule has 0 aliphatic heterocycles. The van der Waals surface area contributed by atoms with Gasteiger partial charge >= 0.3 is 0 Å². The van der Waals surface area contributed by atoms with Crippen LogP contribution in [0.25, 0.3) is 0 Å². The van der Waals surface area contributed by atoms with E-state index in [0.717, 1.165) is 11.1 Å². The number of unbranched alkanes of at least 4 members (excludes halogenated alkanes) is 2. The largest absolute Gasteiger partial charge is 0.322 e. The van der Waals surface area contributed by atoms with Gasteiger partial charge in [-0.15, -0.1) is 0 Å². The lowest BCUT2D eigenvalue weighted by molar-refractivity contribution is -0.121. The fraction of sp³-hybridized carbons (Fsp3) is 0.189. The molecule has 51 heavy (non-hydrogen) atoms. The SMILES string of the molecule is C/C(=N\NC(=O)CCCCCC(=O)N/N=C(\C)c1ccc(NC(=O)c2ccc(Cl)cc2Cl)cc1)c1ccc(NC(=O)c2ccc(Cl)cc2Cl)cc1. The van der Waals surface area contributed by atoms with Crippen LogP contribution in [0, 0.1) is 0 Å². The second-order valence-corrected chi connectivity index (χ2v) is 13.0. The van der Waals surface area contributed by atoms with Crippen LogP contribution in [0.2, 0.25) is 20.1 Å². The minimum Gasteiger partial charge on any atom is -0.322 e. The van der Waals surface area contributed by atoms with Gasteiger partial charge in [0.05, 0.1) is 32.6 Å². The molecule has 0 saturated carbocycles. The minimum absolute atomic E-state index is 0.234. The Morgan fingerprint density at radius 2 is 0.902 bits per heavy atom. The number of amides is 4. The quantitative estimate of drug-likeness (QED) is 0.0577. The number of carbonyl (C=O) groups excluding carboxylic acids is 4. The molecule has 10 nitrogen and oxygen atoms in total. The topological polar surface area (TPSA) is 141 Å². The van der Waals surface area contributed by atoms with Crippen LogP contribution in [0.3, 0.4) is 0 Å². The van der Waals surface area contributed by atoms with Crippen LogP contribution >= 0.6 is 46.4 Å². The number of benzene rings is 4. The number of rotatable bonds is 14. The third-order valence-corrected chi connectivity index (χ3v) is 8.57. The van der Waals surface area contributed by atoms with Crippen molar-refractivity contribution in [2.24, 2.45) is 10.2 Å². The third-order valence-electron chi connectivity index (χ3n) is 7.48. The maximum Gasteiger partial charge on any atom is 0.257 e. The van der Waals surface area contributed by atoms with Gasteiger partial charge < -0.3 is 10.6 Å². The number of hydrazone groups is 2. The number of anilines is 2. The lowest BCUT2D eigenvalue weighted by Crippen LogP contribution is -2.19. The molecule has 0 bridgehead atoms. The van der Waals surface area contributed by atoms with E-state index in [1.54, 1.807) is 86.6 Å². The van der Waals surface area contributed by atoms with E-state index in [1.165, 1.54) is 12.1 Å². The smallest absolute Gasteiger partial charge is 0.257 e. The van der Waals surface area contributed by atoms with E-state index in [-0.39, 0.29) is 46.5 Å². The molecule has 264 valence electrons. The maximum atomic E-state index is 12.5. The zero-order valence-electron chi connectivity index (χ0n) is 27.7. The summed E-state index contributed by atoms with van der Waals surface area (Å²) < 4.78 is 0. The highest BCUT2D eigenvalue weighted by molar-refractivity contribution is 6.38. The van der Waals surface area contributed by atoms with Gasteiger partial charge in [-0.2, -0.15) is 10.2 Å². The summed E-state index contributed by atoms with van der Waals surface area (Å²) in [6.07, 6.45) is 2.38. The van der Waals surface area contributed by atoms with Gasteiger partial charge in [0.1, 0.15) is 0 Å². The molecule has 0 spiro atoms. The second-order valence-electron chi connectivity index (χ2n) is 11.3. The van der Waals surface area contributed by atoms with Gasteiger partial charge in [0.15, 0.2) is 0 Å². The van der Waals surface area contributed by atoms with Crippen molar-refractivity contribution in [3.8, 4) is 0 Å². The lowest BCUT2D eigenvalue weighted by atomic mass is 10.1. The highest BCUT2D eigenvalue weighted by Crippen LogP contribution is 2.24. The second kappa shape index (κ2) is 19.0. The first-order valence-corrected chi connectivity index (χ1v) is 17.3. The zero-order valence-corrected chi connectivity index (χ0v) is 30.7. The van der Waals surface area contributed by atoms with Gasteiger partial charge in [-0.05, 0) is 98.5 Å². The molecular weight excluding hydrogens is 734 g/mol. The molecule has 14 heteroatoms. The van der Waals surface area contributed by atoms with Crippen molar-refractivity contribution in [1.29, 1.82) is 0 Å². The van der Waals surface area contributed by atoms with Crippen molar-refractivity contribution < 1.29 is 19.2 Å². The van der Waals surface area contributed by atoms with Gasteiger partial charge in [-0.3, -0.25) is 19.2 Å². The van der Waals surface area contributed by atoms with E-state index in [9.17, 15) is 19.2 Å². The Balaban J connectivity index is 1.12. The molecule has 4 N–H and O–H groups in total. The molecule has 4 aromatic rings. The Hall–Kier alpha value is -4.74. The highest BCUT2D eigenvalue weighted by atomic mass is 35.5. The number of nitrogens with one attached hydrogen (secondary N) is 4. The molecule has 4 rings (SSSR count). The van der Waals surface area contributed by atoms with E-state index in [0.29, 0.717) is 63.2 Å². The number of nitrogens with zero attached hydrogens (tertiary/aromatic N) is 2. The monoisotopic (exact) mass is 766 g/mol. The molecule has 4 amide bonds. The molecule has 0 atom stereocenters. The van der Waals surface area contributed by atoms with E-state index >= 15 is 0 Å². The molecule has 0 radical (unpaired) electrons. The van der Waals surface area contributed by atoms with Crippen LogP contribution in [-0.2, 0) is 9.59 Å². The van der Waals surface area contributed by atoms with Gasteiger partial charge in [0.2, 0.25) is 11.8 Å². The normalized spacial score (nSPS) is 11.5. The zero-order chi connectivity index (χ0) is 36.9. The highest BCUT2D eigenvalue weighted by Gasteiger charge is 2.13. The van der Waals surface area contributed by atoms with Crippen molar-refractivity contribution in [1.82, 2.24) is 10.9 Å². The van der Waals surface area contributed by atoms with Crippen molar-refractivity contribution in [3.05, 3.63) is 127 Å². The van der Waals surface area contributed by atoms with E-state index in [2.05, 4.69) is 31.7 Å². The Kier molecular flexibility index (Phi) is 14.6. The third kappa shape index (κ3) is 12.2. The van der Waals surface area contributed by atoms with Crippen molar-refractivity contribution >= 4 is 92.8 Å². The van der Waals surface area contributed by atoms with Crippen LogP contribution in [0.5, 0.6) is 0 Å². The standard InChI is InChI=1S/C37H34Cl4N6O4/c1-22(24-8-14-28(15-9-24)42-36(50)30-18-12-26(38)20-32(30)40)44-46-34(48)6-4-3-5-7-35(49)47-45-23(2)25-10-16-29(17-11-25)43-37(51)31-19-13-27(39)21-33(31)41/h8-21H,3-7H2,1-2H3,(H,42,50)(H,43,51)(H,46,48)(H,47,49)/b44-22+,45-23+. The van der Waals surface area contributed by atoms with Gasteiger partial charge in [-0.25, -0.2) is 10.9 Å². The summed E-state index contributed by atoms with van der Waals surface area (Å²) in [4.78, 5) is 49.7. The molecule has 0 heterocycles. The van der Waals surface area contributed by atoms with Crippen LogP contribution in [0.1, 0.15) is 77.8 Å². The minimum atomic E-state index is -0.364. The van der Waals surface area contributed by atoms with Crippen LogP contribution in [0.15, 0.2) is 95.1 Å². The van der Waals surface area contributed by atoms with E-state index in [4.69, 9.17) is 46.4 Å². The Labute approximate surface area is 315 Å². The van der Waals surface area contributed by atoms with Gasteiger partial charge in [0.25, 0.3) is 11.8 Å². The summed E-state index contributed by atoms with van der Waals surface area (Å²) in [7, 11) is 0. The fourth-order valence-electron chi connectivity index (χ4n) is 4.61. The molecule has 0 saturated heterocycles. The molecule has 0 aliphatic carbocycles. The van der Waals surface area contributed by atoms with Gasteiger partial charge in [-0.1, -0.05) is 77.1 Å². The van der Waals surface area contributed by atoms with Crippen molar-refractivity contribution in [2.75, 3.05) is 10.6 Å². The maximum absolute atomic E-state index is 12.5. The van der Waals surface area contributed by atoms with Crippen molar-refractivity contribution in [2.45, 2.75) is 46.0 Å². The van der Waals surface area contributed by atoms with Crippen molar-refractivity contribution in [3.63, 3.8) is 0 Å². The number of halogens is 4. The van der Waals surface area contributed by atoms with E-state index < -0.39 is 0 Å². The summed E-state index contributed by atoms with van der Waals surface area (Å²) >= 11 is 24.0. The first-order valence-electron chi connectivity index (χ1n) is 15.8. The number of hydrogen-bond acceptors (Lipinski definition) is 6. The average molecular weight is 769 g/mol. The molecule has 0 unspecified atom stereocenters. The predicted molar refractivity (Wildman–Crippen MR) is 206 cm³/mol. The molecule has 0 aliphatic rings. The predicted octanol–water partition coefficient (Wildman–Crippen LogP) is 9.14. The Bertz CT molecular complexity index is 1820.